The largest absolute Gasteiger partial charge is 0.0843 e. The summed E-state index contributed by atoms with van der Waals surface area (Å²) in [5.74, 6) is 0. The SMILES string of the molecule is [35Cl]c1cccc([37Cl])c1. The zero-order chi connectivity index (χ0) is 5.98. The molecule has 0 N–H and O–H groups in total. The average Bonchev–Trinajstić information content (AvgIpc) is 1.64. The van der Waals surface area contributed by atoms with Gasteiger partial charge in [-0.2, -0.15) is 0 Å². The molecule has 0 radical (unpaired) electrons. The first-order valence-corrected chi connectivity index (χ1v) is 2.96. The summed E-state index contributed by atoms with van der Waals surface area (Å²) in [6.07, 6.45) is 0. The summed E-state index contributed by atoms with van der Waals surface area (Å²) >= 11 is 11.1. The van der Waals surface area contributed by atoms with E-state index in [0.717, 1.165) is 0 Å². The van der Waals surface area contributed by atoms with E-state index in [1.54, 1.807) is 18.2 Å². The lowest BCUT2D eigenvalue weighted by Crippen LogP contribution is -1.61. The Morgan fingerprint density at radius 2 is 2.12 bits per heavy atom. The molecule has 0 fully saturated rings. The molecule has 1 aromatic carbocycles. The van der Waals surface area contributed by atoms with Gasteiger partial charge in [-0.15, -0.1) is 0 Å². The summed E-state index contributed by atoms with van der Waals surface area (Å²) in [6, 6.07) is 7.08. The molecule has 0 nitrogen and oxygen atoms in total. The zero-order valence-corrected chi connectivity index (χ0v) is 5.58. The third-order valence-corrected chi connectivity index (χ3v) is 1.26. The Morgan fingerprint density at radius 3 is 2.50 bits per heavy atom. The van der Waals surface area contributed by atoms with Gasteiger partial charge >= 0.3 is 0 Å². The van der Waals surface area contributed by atoms with E-state index in [2.05, 4.69) is 0 Å². The molecule has 0 aromatic heterocycles. The highest BCUT2D eigenvalue weighted by atomic mass is 37.0. The molecule has 0 unspecified atom stereocenters. The molecular weight excluding hydrogens is 144 g/mol. The second-order valence-electron chi connectivity index (χ2n) is 1.44. The van der Waals surface area contributed by atoms with Gasteiger partial charge in [0.05, 0.1) is 0 Å². The van der Waals surface area contributed by atoms with E-state index in [-0.39, 0.29) is 0 Å². The Hall–Kier alpha value is -0.200. The van der Waals surface area contributed by atoms with Crippen LogP contribution in [0.4, 0.5) is 0 Å². The van der Waals surface area contributed by atoms with Crippen molar-refractivity contribution in [1.29, 1.82) is 0 Å². The third-order valence-electron chi connectivity index (χ3n) is 0.787. The molecule has 2 heteroatoms. The van der Waals surface area contributed by atoms with Crippen LogP contribution in [0.2, 0.25) is 10.0 Å². The summed E-state index contributed by atoms with van der Waals surface area (Å²) in [4.78, 5) is 0. The van der Waals surface area contributed by atoms with Crippen LogP contribution in [-0.4, -0.2) is 0 Å². The Labute approximate surface area is 58.0 Å². The van der Waals surface area contributed by atoms with E-state index >= 15 is 0 Å². The standard InChI is InChI=1S/C6H4Cl2/c7-5-2-1-3-6(8)4-5/h1-4H/i7+0,8+2. The predicted octanol–water partition coefficient (Wildman–Crippen LogP) is 2.99. The molecule has 0 spiro atoms. The molecule has 0 aliphatic heterocycles. The molecule has 0 saturated heterocycles. The molecule has 8 heavy (non-hydrogen) atoms. The molecular formula is C6H4Cl2. The topological polar surface area (TPSA) is 0 Å². The van der Waals surface area contributed by atoms with Crippen molar-refractivity contribution in [2.75, 3.05) is 0 Å². The minimum Gasteiger partial charge on any atom is -0.0843 e. The Morgan fingerprint density at radius 1 is 1.38 bits per heavy atom. The van der Waals surface area contributed by atoms with Crippen LogP contribution in [0.5, 0.6) is 0 Å². The van der Waals surface area contributed by atoms with Gasteiger partial charge in [-0.25, -0.2) is 0 Å². The number of hydrogen-bond acceptors (Lipinski definition) is 0. The second kappa shape index (κ2) is 2.38. The molecule has 1 aromatic rings. The number of benzene rings is 1. The van der Waals surface area contributed by atoms with Gasteiger partial charge in [0.25, 0.3) is 0 Å². The maximum absolute atomic E-state index is 5.56. The molecule has 1 rings (SSSR count). The van der Waals surface area contributed by atoms with Gasteiger partial charge in [0, 0.05) is 10.0 Å². The van der Waals surface area contributed by atoms with Gasteiger partial charge in [-0.05, 0) is 18.2 Å². The highest BCUT2D eigenvalue weighted by molar-refractivity contribution is 6.34. The van der Waals surface area contributed by atoms with Gasteiger partial charge in [-0.1, -0.05) is 29.3 Å². The van der Waals surface area contributed by atoms with Crippen molar-refractivity contribution in [3.05, 3.63) is 34.3 Å². The fourth-order valence-electron chi connectivity index (χ4n) is 0.460. The molecule has 0 heterocycles. The second-order valence-corrected chi connectivity index (χ2v) is 2.31. The van der Waals surface area contributed by atoms with Crippen LogP contribution >= 0.6 is 23.2 Å². The van der Waals surface area contributed by atoms with Crippen molar-refractivity contribution in [3.8, 4) is 0 Å². The Bertz CT molecular complexity index is 166. The van der Waals surface area contributed by atoms with Crippen LogP contribution in [-0.2, 0) is 0 Å². The van der Waals surface area contributed by atoms with Gasteiger partial charge in [0.1, 0.15) is 0 Å². The number of halogens is 2. The molecule has 0 aliphatic rings. The van der Waals surface area contributed by atoms with E-state index < -0.39 is 0 Å². The van der Waals surface area contributed by atoms with Crippen molar-refractivity contribution in [3.63, 3.8) is 0 Å². The van der Waals surface area contributed by atoms with Crippen molar-refractivity contribution in [2.45, 2.75) is 0 Å². The normalized spacial score (nSPS) is 9.25. The number of rotatable bonds is 0. The first kappa shape index (κ1) is 5.93. The maximum Gasteiger partial charge on any atom is 0.0420 e. The van der Waals surface area contributed by atoms with Crippen molar-refractivity contribution in [1.82, 2.24) is 0 Å². The van der Waals surface area contributed by atoms with E-state index in [1.165, 1.54) is 0 Å². The van der Waals surface area contributed by atoms with Crippen LogP contribution in [0.15, 0.2) is 24.3 Å². The predicted molar refractivity (Wildman–Crippen MR) is 36.5 cm³/mol. The van der Waals surface area contributed by atoms with Crippen LogP contribution < -0.4 is 0 Å². The smallest absolute Gasteiger partial charge is 0.0420 e. The highest BCUT2D eigenvalue weighted by Gasteiger charge is 1.84. The van der Waals surface area contributed by atoms with E-state index in [1.807, 2.05) is 6.07 Å². The third kappa shape index (κ3) is 1.39. The molecule has 0 aliphatic carbocycles. The Kier molecular flexibility index (Phi) is 1.77. The van der Waals surface area contributed by atoms with E-state index in [0.29, 0.717) is 10.0 Å². The van der Waals surface area contributed by atoms with E-state index in [9.17, 15) is 0 Å². The van der Waals surface area contributed by atoms with Gasteiger partial charge in [-0.3, -0.25) is 0 Å². The fourth-order valence-corrected chi connectivity index (χ4v) is 0.896. The lowest BCUT2D eigenvalue weighted by Gasteiger charge is -1.86. The van der Waals surface area contributed by atoms with Crippen LogP contribution in [0.1, 0.15) is 0 Å². The number of hydrogen-bond donors (Lipinski definition) is 0. The first-order valence-electron chi connectivity index (χ1n) is 2.20. The van der Waals surface area contributed by atoms with Crippen molar-refractivity contribution < 1.29 is 0 Å². The minimum absolute atomic E-state index is 0.678. The summed E-state index contributed by atoms with van der Waals surface area (Å²) in [7, 11) is 0. The van der Waals surface area contributed by atoms with E-state index in [4.69, 9.17) is 23.2 Å². The van der Waals surface area contributed by atoms with Crippen LogP contribution in [0.25, 0.3) is 0 Å². The summed E-state index contributed by atoms with van der Waals surface area (Å²) in [6.45, 7) is 0. The molecule has 0 saturated carbocycles. The molecule has 42 valence electrons. The maximum atomic E-state index is 5.56. The Balaban J connectivity index is 3.08. The molecule has 0 atom stereocenters. The van der Waals surface area contributed by atoms with Crippen molar-refractivity contribution in [2.24, 2.45) is 0 Å². The summed E-state index contributed by atoms with van der Waals surface area (Å²) < 4.78 is 0. The molecule has 0 bridgehead atoms. The van der Waals surface area contributed by atoms with Crippen LogP contribution in [0.3, 0.4) is 0 Å². The van der Waals surface area contributed by atoms with Gasteiger partial charge < -0.3 is 0 Å². The monoisotopic (exact) mass is 148 g/mol. The summed E-state index contributed by atoms with van der Waals surface area (Å²) in [5.41, 5.74) is 0. The lowest BCUT2D eigenvalue weighted by atomic mass is 10.4. The molecule has 0 amide bonds. The summed E-state index contributed by atoms with van der Waals surface area (Å²) in [5, 5.41) is 1.36. The zero-order valence-electron chi connectivity index (χ0n) is 4.07. The fraction of sp³-hybridized carbons (Fsp3) is 0. The first-order chi connectivity index (χ1) is 3.79. The quantitative estimate of drug-likeness (QED) is 0.530. The lowest BCUT2D eigenvalue weighted by molar-refractivity contribution is 1.71. The van der Waals surface area contributed by atoms with Crippen molar-refractivity contribution >= 4 is 23.2 Å². The minimum atomic E-state index is 0.678. The highest BCUT2D eigenvalue weighted by Crippen LogP contribution is 2.13. The average molecular weight is 148 g/mol. The van der Waals surface area contributed by atoms with Crippen LogP contribution in [0, 0.1) is 0 Å². The van der Waals surface area contributed by atoms with Gasteiger partial charge in [0.2, 0.25) is 0 Å². The van der Waals surface area contributed by atoms with Gasteiger partial charge in [0.15, 0.2) is 0 Å².